The van der Waals surface area contributed by atoms with Crippen molar-refractivity contribution in [3.05, 3.63) is 24.1 Å². The number of hydrogen-bond acceptors (Lipinski definition) is 3. The zero-order chi connectivity index (χ0) is 13.8. The number of nitrogens with one attached hydrogen (secondary N) is 1. The largest absolute Gasteiger partial charge is 0.327 e. The summed E-state index contributed by atoms with van der Waals surface area (Å²) < 4.78 is 12.8. The Balaban J connectivity index is 2.47. The van der Waals surface area contributed by atoms with E-state index in [0.29, 0.717) is 0 Å². The molecule has 1 aromatic heterocycles. The highest BCUT2D eigenvalue weighted by Crippen LogP contribution is 2.21. The van der Waals surface area contributed by atoms with Crippen LogP contribution < -0.4 is 11.1 Å². The van der Waals surface area contributed by atoms with Crippen LogP contribution in [0.4, 0.5) is 10.2 Å². The van der Waals surface area contributed by atoms with Gasteiger partial charge in [-0.1, -0.05) is 26.8 Å². The molecule has 0 saturated carbocycles. The summed E-state index contributed by atoms with van der Waals surface area (Å²) >= 11 is 0. The van der Waals surface area contributed by atoms with Crippen LogP contribution in [0.1, 0.15) is 33.6 Å². The van der Waals surface area contributed by atoms with Crippen LogP contribution in [0.25, 0.3) is 0 Å². The molecule has 1 rings (SSSR count). The van der Waals surface area contributed by atoms with Crippen LogP contribution in [0.3, 0.4) is 0 Å². The van der Waals surface area contributed by atoms with Gasteiger partial charge in [0.25, 0.3) is 0 Å². The molecule has 0 saturated heterocycles. The Kier molecular flexibility index (Phi) is 4.78. The van der Waals surface area contributed by atoms with Crippen LogP contribution in [-0.2, 0) is 4.79 Å². The molecule has 0 radical (unpaired) electrons. The number of nitrogens with two attached hydrogens (primary N) is 1. The summed E-state index contributed by atoms with van der Waals surface area (Å²) in [7, 11) is 0. The number of aromatic nitrogens is 1. The van der Waals surface area contributed by atoms with Gasteiger partial charge in [-0.15, -0.1) is 0 Å². The van der Waals surface area contributed by atoms with E-state index in [-0.39, 0.29) is 29.6 Å². The van der Waals surface area contributed by atoms with Gasteiger partial charge < -0.3 is 11.1 Å². The lowest BCUT2D eigenvalue weighted by Crippen LogP contribution is -2.31. The molecule has 3 N–H and O–H groups in total. The molecule has 1 amide bonds. The molecule has 18 heavy (non-hydrogen) atoms. The topological polar surface area (TPSA) is 68.0 Å². The quantitative estimate of drug-likeness (QED) is 0.809. The standard InChI is InChI=1S/C13H20FN3O/c1-13(2,3)8-9(15)7-12(18)17-11-6-4-5-10(14)16-11/h4-6,9H,7-8,15H2,1-3H3,(H,16,17,18). The maximum atomic E-state index is 12.8. The van der Waals surface area contributed by atoms with Gasteiger partial charge in [0.1, 0.15) is 5.82 Å². The molecule has 0 aliphatic carbocycles. The van der Waals surface area contributed by atoms with Crippen molar-refractivity contribution in [2.24, 2.45) is 11.1 Å². The number of anilines is 1. The van der Waals surface area contributed by atoms with Gasteiger partial charge in [-0.05, 0) is 24.0 Å². The molecule has 0 aromatic carbocycles. The summed E-state index contributed by atoms with van der Waals surface area (Å²) in [5.74, 6) is -0.653. The first-order valence-electron chi connectivity index (χ1n) is 5.94. The lowest BCUT2D eigenvalue weighted by atomic mass is 9.87. The van der Waals surface area contributed by atoms with Crippen LogP contribution >= 0.6 is 0 Å². The molecule has 1 atom stereocenters. The van der Waals surface area contributed by atoms with Crippen molar-refractivity contribution in [1.82, 2.24) is 4.98 Å². The molecule has 1 aromatic rings. The van der Waals surface area contributed by atoms with E-state index in [2.05, 4.69) is 31.1 Å². The minimum atomic E-state index is -0.619. The smallest absolute Gasteiger partial charge is 0.227 e. The zero-order valence-corrected chi connectivity index (χ0v) is 11.0. The Morgan fingerprint density at radius 3 is 2.72 bits per heavy atom. The van der Waals surface area contributed by atoms with E-state index < -0.39 is 5.95 Å². The van der Waals surface area contributed by atoms with Gasteiger partial charge in [0.2, 0.25) is 11.9 Å². The van der Waals surface area contributed by atoms with Crippen molar-refractivity contribution in [3.63, 3.8) is 0 Å². The number of hydrogen-bond donors (Lipinski definition) is 2. The number of nitrogens with zero attached hydrogens (tertiary/aromatic N) is 1. The molecule has 100 valence electrons. The van der Waals surface area contributed by atoms with Gasteiger partial charge in [0, 0.05) is 12.5 Å². The highest BCUT2D eigenvalue weighted by molar-refractivity contribution is 5.90. The second kappa shape index (κ2) is 5.91. The molecule has 0 aliphatic rings. The zero-order valence-electron chi connectivity index (χ0n) is 11.0. The van der Waals surface area contributed by atoms with Crippen LogP contribution in [0.2, 0.25) is 0 Å². The van der Waals surface area contributed by atoms with Gasteiger partial charge in [0.05, 0.1) is 0 Å². The molecule has 0 spiro atoms. The Morgan fingerprint density at radius 1 is 1.50 bits per heavy atom. The normalized spacial score (nSPS) is 13.2. The van der Waals surface area contributed by atoms with E-state index >= 15 is 0 Å². The summed E-state index contributed by atoms with van der Waals surface area (Å²) in [5, 5.41) is 2.53. The lowest BCUT2D eigenvalue weighted by molar-refractivity contribution is -0.116. The van der Waals surface area contributed by atoms with E-state index in [1.165, 1.54) is 18.2 Å². The molecule has 1 unspecified atom stereocenters. The van der Waals surface area contributed by atoms with Gasteiger partial charge >= 0.3 is 0 Å². The van der Waals surface area contributed by atoms with E-state index in [4.69, 9.17) is 5.73 Å². The minimum Gasteiger partial charge on any atom is -0.327 e. The summed E-state index contributed by atoms with van der Waals surface area (Å²) in [6, 6.07) is 4.04. The Hall–Kier alpha value is -1.49. The fraction of sp³-hybridized carbons (Fsp3) is 0.538. The number of carbonyl (C=O) groups is 1. The molecule has 0 fully saturated rings. The molecule has 1 heterocycles. The predicted octanol–water partition coefficient (Wildman–Crippen LogP) is 2.31. The van der Waals surface area contributed by atoms with E-state index in [0.717, 1.165) is 6.42 Å². The first-order chi connectivity index (χ1) is 8.26. The second-order valence-corrected chi connectivity index (χ2v) is 5.62. The molecule has 5 heteroatoms. The van der Waals surface area contributed by atoms with E-state index in [1.807, 2.05) is 0 Å². The first kappa shape index (κ1) is 14.6. The number of amides is 1. The third-order valence-electron chi connectivity index (χ3n) is 2.30. The summed E-state index contributed by atoms with van der Waals surface area (Å²) in [6.45, 7) is 6.21. The minimum absolute atomic E-state index is 0.0802. The summed E-state index contributed by atoms with van der Waals surface area (Å²) in [6.07, 6.45) is 0.951. The molecule has 0 aliphatic heterocycles. The van der Waals surface area contributed by atoms with Crippen LogP contribution in [0.15, 0.2) is 18.2 Å². The van der Waals surface area contributed by atoms with Gasteiger partial charge in [0.15, 0.2) is 0 Å². The molecular formula is C13H20FN3O. The Bertz CT molecular complexity index is 415. The fourth-order valence-corrected chi connectivity index (χ4v) is 1.77. The average molecular weight is 253 g/mol. The third kappa shape index (κ3) is 5.72. The first-order valence-corrected chi connectivity index (χ1v) is 5.94. The van der Waals surface area contributed by atoms with E-state index in [1.54, 1.807) is 0 Å². The van der Waals surface area contributed by atoms with Crippen molar-refractivity contribution >= 4 is 11.7 Å². The van der Waals surface area contributed by atoms with Crippen molar-refractivity contribution < 1.29 is 9.18 Å². The van der Waals surface area contributed by atoms with Gasteiger partial charge in [-0.3, -0.25) is 4.79 Å². The number of halogens is 1. The fourth-order valence-electron chi connectivity index (χ4n) is 1.77. The molecule has 0 bridgehead atoms. The number of carbonyl (C=O) groups excluding carboxylic acids is 1. The predicted molar refractivity (Wildman–Crippen MR) is 69.5 cm³/mol. The van der Waals surface area contributed by atoms with Crippen molar-refractivity contribution in [3.8, 4) is 0 Å². The van der Waals surface area contributed by atoms with Gasteiger partial charge in [-0.2, -0.15) is 4.39 Å². The van der Waals surface area contributed by atoms with E-state index in [9.17, 15) is 9.18 Å². The number of pyridine rings is 1. The molecular weight excluding hydrogens is 233 g/mol. The Morgan fingerprint density at radius 2 is 2.17 bits per heavy atom. The van der Waals surface area contributed by atoms with Crippen molar-refractivity contribution in [2.45, 2.75) is 39.7 Å². The van der Waals surface area contributed by atoms with Gasteiger partial charge in [-0.25, -0.2) is 4.98 Å². The monoisotopic (exact) mass is 253 g/mol. The Labute approximate surface area is 107 Å². The van der Waals surface area contributed by atoms with Crippen molar-refractivity contribution in [2.75, 3.05) is 5.32 Å². The summed E-state index contributed by atoms with van der Waals surface area (Å²) in [5.41, 5.74) is 5.97. The maximum Gasteiger partial charge on any atom is 0.227 e. The second-order valence-electron chi connectivity index (χ2n) is 5.62. The highest BCUT2D eigenvalue weighted by Gasteiger charge is 2.18. The van der Waals surface area contributed by atoms with Crippen molar-refractivity contribution in [1.29, 1.82) is 0 Å². The average Bonchev–Trinajstić information content (AvgIpc) is 2.13. The van der Waals surface area contributed by atoms with Crippen LogP contribution in [-0.4, -0.2) is 16.9 Å². The summed E-state index contributed by atoms with van der Waals surface area (Å²) in [4.78, 5) is 15.2. The highest BCUT2D eigenvalue weighted by atomic mass is 19.1. The lowest BCUT2D eigenvalue weighted by Gasteiger charge is -2.22. The third-order valence-corrected chi connectivity index (χ3v) is 2.30. The van der Waals surface area contributed by atoms with Crippen LogP contribution in [0.5, 0.6) is 0 Å². The maximum absolute atomic E-state index is 12.8. The molecule has 4 nitrogen and oxygen atoms in total. The SMILES string of the molecule is CC(C)(C)CC(N)CC(=O)Nc1cccc(F)n1. The number of rotatable bonds is 4. The van der Waals surface area contributed by atoms with Crippen LogP contribution in [0, 0.1) is 11.4 Å².